The van der Waals surface area contributed by atoms with E-state index >= 15 is 0 Å². The quantitative estimate of drug-likeness (QED) is 0.804. The first kappa shape index (κ1) is 14.5. The van der Waals surface area contributed by atoms with Crippen molar-refractivity contribution in [1.82, 2.24) is 0 Å². The molecule has 0 aliphatic carbocycles. The van der Waals surface area contributed by atoms with Crippen LogP contribution in [0.1, 0.15) is 6.92 Å². The van der Waals surface area contributed by atoms with Gasteiger partial charge in [-0.1, -0.05) is 22.0 Å². The number of methoxy groups -OCH3 is 1. The summed E-state index contributed by atoms with van der Waals surface area (Å²) >= 11 is 3.45. The molecule has 0 fully saturated rings. The molecule has 2 aromatic carbocycles. The lowest BCUT2D eigenvalue weighted by Crippen LogP contribution is -2.02. The van der Waals surface area contributed by atoms with Gasteiger partial charge < -0.3 is 20.5 Å². The van der Waals surface area contributed by atoms with E-state index in [9.17, 15) is 0 Å². The minimum absolute atomic E-state index is 0.577. The number of nitrogens with two attached hydrogens (primary N) is 1. The molecule has 0 aliphatic heterocycles. The Bertz CT molecular complexity index is 602. The lowest BCUT2D eigenvalue weighted by molar-refractivity contribution is 0.342. The normalized spacial score (nSPS) is 10.2. The third-order valence-electron chi connectivity index (χ3n) is 2.80. The Morgan fingerprint density at radius 3 is 2.65 bits per heavy atom. The Hall–Kier alpha value is -1.88. The average molecular weight is 337 g/mol. The molecule has 3 N–H and O–H groups in total. The monoisotopic (exact) mass is 336 g/mol. The average Bonchev–Trinajstić information content (AvgIpc) is 2.44. The predicted octanol–water partition coefficient (Wildman–Crippen LogP) is 4.18. The van der Waals surface area contributed by atoms with E-state index in [0.29, 0.717) is 18.0 Å². The van der Waals surface area contributed by atoms with E-state index < -0.39 is 0 Å². The van der Waals surface area contributed by atoms with Crippen LogP contribution in [0.4, 0.5) is 17.1 Å². The van der Waals surface area contributed by atoms with Crippen LogP contribution in [0.15, 0.2) is 40.9 Å². The Morgan fingerprint density at radius 2 is 1.95 bits per heavy atom. The standard InChI is InChI=1S/C15H17BrN2O2/c1-3-20-14-6-4-5-11(15(14)17)18-12-9-10(16)7-8-13(12)19-2/h4-9,18H,3,17H2,1-2H3. The van der Waals surface area contributed by atoms with Crippen LogP contribution in [-0.2, 0) is 0 Å². The van der Waals surface area contributed by atoms with E-state index in [2.05, 4.69) is 21.2 Å². The summed E-state index contributed by atoms with van der Waals surface area (Å²) in [6.07, 6.45) is 0. The molecule has 4 nitrogen and oxygen atoms in total. The largest absolute Gasteiger partial charge is 0.495 e. The number of ether oxygens (including phenoxy) is 2. The number of hydrogen-bond donors (Lipinski definition) is 2. The van der Waals surface area contributed by atoms with Gasteiger partial charge in [-0.15, -0.1) is 0 Å². The van der Waals surface area contributed by atoms with Gasteiger partial charge in [0.05, 0.1) is 30.8 Å². The molecule has 5 heteroatoms. The number of hydrogen-bond acceptors (Lipinski definition) is 4. The topological polar surface area (TPSA) is 56.5 Å². The van der Waals surface area contributed by atoms with Gasteiger partial charge >= 0.3 is 0 Å². The second-order valence-corrected chi connectivity index (χ2v) is 5.04. The molecule has 0 heterocycles. The summed E-state index contributed by atoms with van der Waals surface area (Å²) in [7, 11) is 1.63. The van der Waals surface area contributed by atoms with Crippen LogP contribution in [0.2, 0.25) is 0 Å². The molecule has 0 aromatic heterocycles. The maximum atomic E-state index is 6.11. The van der Waals surface area contributed by atoms with Gasteiger partial charge in [0, 0.05) is 4.47 Å². The second-order valence-electron chi connectivity index (χ2n) is 4.12. The van der Waals surface area contributed by atoms with E-state index in [-0.39, 0.29) is 0 Å². The third kappa shape index (κ3) is 3.17. The van der Waals surface area contributed by atoms with E-state index in [1.807, 2.05) is 43.3 Å². The maximum absolute atomic E-state index is 6.11. The molecule has 0 saturated carbocycles. The third-order valence-corrected chi connectivity index (χ3v) is 3.29. The molecule has 0 bridgehead atoms. The molecule has 0 radical (unpaired) electrons. The molecule has 0 atom stereocenters. The fraction of sp³-hybridized carbons (Fsp3) is 0.200. The van der Waals surface area contributed by atoms with E-state index in [0.717, 1.165) is 21.6 Å². The maximum Gasteiger partial charge on any atom is 0.144 e. The number of nitrogen functional groups attached to an aromatic ring is 1. The van der Waals surface area contributed by atoms with Crippen LogP contribution in [0.25, 0.3) is 0 Å². The molecule has 0 saturated heterocycles. The van der Waals surface area contributed by atoms with Crippen molar-refractivity contribution in [3.8, 4) is 11.5 Å². The van der Waals surface area contributed by atoms with E-state index in [1.54, 1.807) is 7.11 Å². The number of rotatable bonds is 5. The van der Waals surface area contributed by atoms with Crippen molar-refractivity contribution in [2.75, 3.05) is 24.8 Å². The lowest BCUT2D eigenvalue weighted by atomic mass is 10.2. The van der Waals surface area contributed by atoms with E-state index in [4.69, 9.17) is 15.2 Å². The van der Waals surface area contributed by atoms with Gasteiger partial charge in [-0.25, -0.2) is 0 Å². The minimum Gasteiger partial charge on any atom is -0.495 e. The van der Waals surface area contributed by atoms with Gasteiger partial charge in [-0.2, -0.15) is 0 Å². The molecule has 2 rings (SSSR count). The van der Waals surface area contributed by atoms with Crippen molar-refractivity contribution in [3.63, 3.8) is 0 Å². The Kier molecular flexibility index (Phi) is 4.74. The van der Waals surface area contributed by atoms with Gasteiger partial charge in [0.1, 0.15) is 11.5 Å². The fourth-order valence-corrected chi connectivity index (χ4v) is 2.22. The Labute approximate surface area is 127 Å². The highest BCUT2D eigenvalue weighted by Crippen LogP contribution is 2.35. The number of anilines is 3. The van der Waals surface area contributed by atoms with Crippen molar-refractivity contribution >= 4 is 33.0 Å². The molecular formula is C15H17BrN2O2. The Morgan fingerprint density at radius 1 is 1.15 bits per heavy atom. The zero-order chi connectivity index (χ0) is 14.5. The first-order valence-corrected chi connectivity index (χ1v) is 7.06. The highest BCUT2D eigenvalue weighted by atomic mass is 79.9. The number of halogens is 1. The summed E-state index contributed by atoms with van der Waals surface area (Å²) in [5.74, 6) is 1.42. The highest BCUT2D eigenvalue weighted by Gasteiger charge is 2.09. The van der Waals surface area contributed by atoms with Crippen LogP contribution in [0, 0.1) is 0 Å². The van der Waals surface area contributed by atoms with Crippen LogP contribution < -0.4 is 20.5 Å². The SMILES string of the molecule is CCOc1cccc(Nc2cc(Br)ccc2OC)c1N. The lowest BCUT2D eigenvalue weighted by Gasteiger charge is -2.15. The number of benzene rings is 2. The highest BCUT2D eigenvalue weighted by molar-refractivity contribution is 9.10. The van der Waals surface area contributed by atoms with Crippen molar-refractivity contribution in [2.24, 2.45) is 0 Å². The van der Waals surface area contributed by atoms with Crippen molar-refractivity contribution in [1.29, 1.82) is 0 Å². The van der Waals surface area contributed by atoms with Crippen LogP contribution in [0.3, 0.4) is 0 Å². The number of nitrogens with one attached hydrogen (secondary N) is 1. The molecule has 0 unspecified atom stereocenters. The second kappa shape index (κ2) is 6.52. The van der Waals surface area contributed by atoms with Gasteiger partial charge in [0.2, 0.25) is 0 Å². The van der Waals surface area contributed by atoms with Crippen LogP contribution in [0.5, 0.6) is 11.5 Å². The summed E-state index contributed by atoms with van der Waals surface area (Å²) in [6.45, 7) is 2.50. The molecule has 20 heavy (non-hydrogen) atoms. The van der Waals surface area contributed by atoms with E-state index in [1.165, 1.54) is 0 Å². The van der Waals surface area contributed by atoms with Gasteiger partial charge in [0.15, 0.2) is 0 Å². The fourth-order valence-electron chi connectivity index (χ4n) is 1.86. The molecule has 2 aromatic rings. The summed E-state index contributed by atoms with van der Waals surface area (Å²) in [5, 5.41) is 3.27. The van der Waals surface area contributed by atoms with Crippen molar-refractivity contribution < 1.29 is 9.47 Å². The summed E-state index contributed by atoms with van der Waals surface area (Å²) < 4.78 is 11.8. The predicted molar refractivity (Wildman–Crippen MR) is 86.0 cm³/mol. The van der Waals surface area contributed by atoms with Crippen molar-refractivity contribution in [3.05, 3.63) is 40.9 Å². The summed E-state index contributed by atoms with van der Waals surface area (Å²) in [5.41, 5.74) is 8.31. The molecule has 0 spiro atoms. The van der Waals surface area contributed by atoms with Crippen LogP contribution in [-0.4, -0.2) is 13.7 Å². The smallest absolute Gasteiger partial charge is 0.144 e. The van der Waals surface area contributed by atoms with Gasteiger partial charge in [-0.05, 0) is 37.3 Å². The van der Waals surface area contributed by atoms with Crippen molar-refractivity contribution in [2.45, 2.75) is 6.92 Å². The summed E-state index contributed by atoms with van der Waals surface area (Å²) in [6, 6.07) is 11.4. The molecular weight excluding hydrogens is 320 g/mol. The zero-order valence-corrected chi connectivity index (χ0v) is 13.0. The first-order valence-electron chi connectivity index (χ1n) is 6.27. The summed E-state index contributed by atoms with van der Waals surface area (Å²) in [4.78, 5) is 0. The number of para-hydroxylation sites is 1. The molecule has 0 amide bonds. The first-order chi connectivity index (χ1) is 9.65. The van der Waals surface area contributed by atoms with Gasteiger partial charge in [0.25, 0.3) is 0 Å². The molecule has 0 aliphatic rings. The van der Waals surface area contributed by atoms with Gasteiger partial charge in [-0.3, -0.25) is 0 Å². The minimum atomic E-state index is 0.577. The van der Waals surface area contributed by atoms with Crippen LogP contribution >= 0.6 is 15.9 Å². The zero-order valence-electron chi connectivity index (χ0n) is 11.4. The molecule has 106 valence electrons. The Balaban J connectivity index is 2.35.